The second-order valence-electron chi connectivity index (χ2n) is 4.72. The van der Waals surface area contributed by atoms with Gasteiger partial charge in [0.25, 0.3) is 0 Å². The lowest BCUT2D eigenvalue weighted by Gasteiger charge is -2.14. The lowest BCUT2D eigenvalue weighted by molar-refractivity contribution is 0.0484. The van der Waals surface area contributed by atoms with Crippen molar-refractivity contribution in [3.63, 3.8) is 0 Å². The predicted molar refractivity (Wildman–Crippen MR) is 53.5 cm³/mol. The molecule has 2 nitrogen and oxygen atoms in total. The zero-order valence-electron chi connectivity index (χ0n) is 8.54. The van der Waals surface area contributed by atoms with Gasteiger partial charge in [-0.05, 0) is 51.4 Å². The molecule has 0 spiro atoms. The molecule has 3 unspecified atom stereocenters. The molecule has 1 aliphatic heterocycles. The van der Waals surface area contributed by atoms with E-state index in [0.717, 1.165) is 5.92 Å². The van der Waals surface area contributed by atoms with Crippen LogP contribution >= 0.6 is 0 Å². The van der Waals surface area contributed by atoms with E-state index in [9.17, 15) is 0 Å². The van der Waals surface area contributed by atoms with Gasteiger partial charge in [-0.25, -0.2) is 0 Å². The summed E-state index contributed by atoms with van der Waals surface area (Å²) in [4.78, 5) is 0. The fourth-order valence-electron chi connectivity index (χ4n) is 2.24. The summed E-state index contributed by atoms with van der Waals surface area (Å²) in [5.41, 5.74) is 6.04. The fourth-order valence-corrected chi connectivity index (χ4v) is 2.24. The smallest absolute Gasteiger partial charge is 0.0580 e. The Kier molecular flexibility index (Phi) is 2.89. The first-order valence-electron chi connectivity index (χ1n) is 5.66. The van der Waals surface area contributed by atoms with Gasteiger partial charge >= 0.3 is 0 Å². The highest BCUT2D eigenvalue weighted by Gasteiger charge is 2.29. The largest absolute Gasteiger partial charge is 0.375 e. The zero-order chi connectivity index (χ0) is 9.26. The lowest BCUT2D eigenvalue weighted by atomic mass is 10.0. The van der Waals surface area contributed by atoms with E-state index in [0.29, 0.717) is 18.2 Å². The SMILES string of the molecule is CC1CCC(CCC(N)C2CC2)O1. The van der Waals surface area contributed by atoms with Crippen molar-refractivity contribution >= 4 is 0 Å². The summed E-state index contributed by atoms with van der Waals surface area (Å²) in [6.45, 7) is 2.17. The Labute approximate surface area is 80.8 Å². The van der Waals surface area contributed by atoms with Crippen LogP contribution in [0.4, 0.5) is 0 Å². The van der Waals surface area contributed by atoms with Crippen molar-refractivity contribution in [2.75, 3.05) is 0 Å². The Bertz CT molecular complexity index is 167. The van der Waals surface area contributed by atoms with Crippen molar-refractivity contribution < 1.29 is 4.74 Å². The normalized spacial score (nSPS) is 36.5. The van der Waals surface area contributed by atoms with Gasteiger partial charge in [0.15, 0.2) is 0 Å². The van der Waals surface area contributed by atoms with Gasteiger partial charge in [0.05, 0.1) is 12.2 Å². The van der Waals surface area contributed by atoms with Gasteiger partial charge in [0.1, 0.15) is 0 Å². The van der Waals surface area contributed by atoms with Gasteiger partial charge in [-0.15, -0.1) is 0 Å². The second-order valence-corrected chi connectivity index (χ2v) is 4.72. The molecule has 1 aliphatic carbocycles. The van der Waals surface area contributed by atoms with Crippen LogP contribution in [0.2, 0.25) is 0 Å². The van der Waals surface area contributed by atoms with E-state index in [1.807, 2.05) is 0 Å². The average Bonchev–Trinajstić information content (AvgIpc) is 2.87. The molecule has 1 heterocycles. The van der Waals surface area contributed by atoms with Crippen LogP contribution in [0.5, 0.6) is 0 Å². The van der Waals surface area contributed by atoms with Crippen LogP contribution in [0.15, 0.2) is 0 Å². The van der Waals surface area contributed by atoms with Crippen molar-refractivity contribution in [3.05, 3.63) is 0 Å². The zero-order valence-corrected chi connectivity index (χ0v) is 8.54. The monoisotopic (exact) mass is 183 g/mol. The molecular formula is C11H21NO. The standard InChI is InChI=1S/C11H21NO/c1-8-2-5-10(13-8)6-7-11(12)9-3-4-9/h8-11H,2-7,12H2,1H3. The van der Waals surface area contributed by atoms with Crippen molar-refractivity contribution in [2.45, 2.75) is 63.7 Å². The van der Waals surface area contributed by atoms with Crippen LogP contribution < -0.4 is 5.73 Å². The van der Waals surface area contributed by atoms with E-state index in [-0.39, 0.29) is 0 Å². The summed E-state index contributed by atoms with van der Waals surface area (Å²) in [7, 11) is 0. The van der Waals surface area contributed by atoms with Gasteiger partial charge in [-0.2, -0.15) is 0 Å². The summed E-state index contributed by atoms with van der Waals surface area (Å²) >= 11 is 0. The minimum atomic E-state index is 0.458. The molecule has 0 amide bonds. The highest BCUT2D eigenvalue weighted by molar-refractivity contribution is 4.85. The molecule has 2 rings (SSSR count). The molecular weight excluding hydrogens is 162 g/mol. The third-order valence-corrected chi connectivity index (χ3v) is 3.37. The average molecular weight is 183 g/mol. The van der Waals surface area contributed by atoms with Crippen LogP contribution in [0.25, 0.3) is 0 Å². The summed E-state index contributed by atoms with van der Waals surface area (Å²) < 4.78 is 5.76. The minimum absolute atomic E-state index is 0.458. The number of hydrogen-bond donors (Lipinski definition) is 1. The molecule has 13 heavy (non-hydrogen) atoms. The van der Waals surface area contributed by atoms with Crippen LogP contribution in [0.3, 0.4) is 0 Å². The Morgan fingerprint density at radius 3 is 2.62 bits per heavy atom. The van der Waals surface area contributed by atoms with Crippen molar-refractivity contribution in [1.82, 2.24) is 0 Å². The van der Waals surface area contributed by atoms with Crippen molar-refractivity contribution in [3.8, 4) is 0 Å². The molecule has 0 aromatic heterocycles. The molecule has 1 saturated heterocycles. The van der Waals surface area contributed by atoms with E-state index in [4.69, 9.17) is 10.5 Å². The minimum Gasteiger partial charge on any atom is -0.375 e. The maximum absolute atomic E-state index is 6.04. The third-order valence-electron chi connectivity index (χ3n) is 3.37. The Hall–Kier alpha value is -0.0800. The second kappa shape index (κ2) is 3.97. The summed E-state index contributed by atoms with van der Waals surface area (Å²) in [5, 5.41) is 0. The molecule has 2 fully saturated rings. The third kappa shape index (κ3) is 2.68. The van der Waals surface area contributed by atoms with Crippen LogP contribution in [0, 0.1) is 5.92 Å². The van der Waals surface area contributed by atoms with Gasteiger partial charge in [-0.3, -0.25) is 0 Å². The Morgan fingerprint density at radius 2 is 2.08 bits per heavy atom. The number of ether oxygens (including phenoxy) is 1. The van der Waals surface area contributed by atoms with E-state index in [2.05, 4.69) is 6.92 Å². The number of rotatable bonds is 4. The molecule has 2 aliphatic rings. The van der Waals surface area contributed by atoms with Gasteiger partial charge in [0, 0.05) is 6.04 Å². The molecule has 0 radical (unpaired) electrons. The number of nitrogens with two attached hydrogens (primary N) is 1. The number of hydrogen-bond acceptors (Lipinski definition) is 2. The first-order valence-corrected chi connectivity index (χ1v) is 5.66. The van der Waals surface area contributed by atoms with E-state index in [1.54, 1.807) is 0 Å². The highest BCUT2D eigenvalue weighted by atomic mass is 16.5. The molecule has 2 N–H and O–H groups in total. The maximum Gasteiger partial charge on any atom is 0.0580 e. The molecule has 0 bridgehead atoms. The van der Waals surface area contributed by atoms with E-state index < -0.39 is 0 Å². The first-order chi connectivity index (χ1) is 6.25. The predicted octanol–water partition coefficient (Wildman–Crippen LogP) is 2.07. The Balaban J connectivity index is 1.61. The molecule has 0 aromatic carbocycles. The molecule has 0 aromatic rings. The molecule has 2 heteroatoms. The van der Waals surface area contributed by atoms with Crippen LogP contribution in [0.1, 0.15) is 45.4 Å². The maximum atomic E-state index is 6.04. The Morgan fingerprint density at radius 1 is 1.31 bits per heavy atom. The molecule has 3 atom stereocenters. The fraction of sp³-hybridized carbons (Fsp3) is 1.00. The van der Waals surface area contributed by atoms with E-state index in [1.165, 1.54) is 38.5 Å². The van der Waals surface area contributed by atoms with E-state index >= 15 is 0 Å². The first kappa shape index (κ1) is 9.47. The van der Waals surface area contributed by atoms with Gasteiger partial charge < -0.3 is 10.5 Å². The van der Waals surface area contributed by atoms with Crippen LogP contribution in [-0.2, 0) is 4.74 Å². The van der Waals surface area contributed by atoms with Crippen molar-refractivity contribution in [1.29, 1.82) is 0 Å². The summed E-state index contributed by atoms with van der Waals surface area (Å²) in [5.74, 6) is 0.846. The summed E-state index contributed by atoms with van der Waals surface area (Å²) in [6, 6.07) is 0.458. The van der Waals surface area contributed by atoms with Crippen LogP contribution in [-0.4, -0.2) is 18.2 Å². The lowest BCUT2D eigenvalue weighted by Crippen LogP contribution is -2.24. The van der Waals surface area contributed by atoms with Crippen molar-refractivity contribution in [2.24, 2.45) is 11.7 Å². The highest BCUT2D eigenvalue weighted by Crippen LogP contribution is 2.34. The van der Waals surface area contributed by atoms with Gasteiger partial charge in [-0.1, -0.05) is 0 Å². The quantitative estimate of drug-likeness (QED) is 0.724. The summed E-state index contributed by atoms with van der Waals surface area (Å²) in [6.07, 6.45) is 8.57. The topological polar surface area (TPSA) is 35.2 Å². The van der Waals surface area contributed by atoms with Gasteiger partial charge in [0.2, 0.25) is 0 Å². The molecule has 76 valence electrons. The molecule has 1 saturated carbocycles.